The Morgan fingerprint density at radius 2 is 2.08 bits per heavy atom. The van der Waals surface area contributed by atoms with E-state index in [-0.39, 0.29) is 24.2 Å². The van der Waals surface area contributed by atoms with Crippen molar-refractivity contribution in [2.75, 3.05) is 14.2 Å². The summed E-state index contributed by atoms with van der Waals surface area (Å²) in [7, 11) is 3.21. The van der Waals surface area contributed by atoms with Crippen molar-refractivity contribution in [3.05, 3.63) is 47.3 Å². The van der Waals surface area contributed by atoms with E-state index in [1.165, 1.54) is 7.11 Å². The minimum absolute atomic E-state index is 0.0779. The number of carbonyl (C=O) groups excluding carboxylic acids is 3. The maximum atomic E-state index is 13.0. The predicted molar refractivity (Wildman–Crippen MR) is 95.6 cm³/mol. The van der Waals surface area contributed by atoms with Crippen LogP contribution in [0.1, 0.15) is 22.5 Å². The number of hydrogen-bond donors (Lipinski definition) is 1. The van der Waals surface area contributed by atoms with Gasteiger partial charge < -0.3 is 14.6 Å². The van der Waals surface area contributed by atoms with Crippen LogP contribution < -0.4 is 0 Å². The zero-order chi connectivity index (χ0) is 18.4. The van der Waals surface area contributed by atoms with Gasteiger partial charge in [-0.25, -0.2) is 0 Å². The summed E-state index contributed by atoms with van der Waals surface area (Å²) in [4.78, 5) is 42.3. The Kier molecular flexibility index (Phi) is 3.90. The molecule has 1 N–H and O–H groups in total. The van der Waals surface area contributed by atoms with E-state index >= 15 is 0 Å². The van der Waals surface area contributed by atoms with Crippen molar-refractivity contribution in [2.24, 2.45) is 11.8 Å². The van der Waals surface area contributed by atoms with E-state index in [0.717, 1.165) is 22.8 Å². The van der Waals surface area contributed by atoms with Crippen LogP contribution in [0.25, 0.3) is 10.9 Å². The first-order chi connectivity index (χ1) is 12.5. The molecular formula is C20H20N2O4. The van der Waals surface area contributed by atoms with E-state index in [4.69, 9.17) is 4.74 Å². The van der Waals surface area contributed by atoms with Crippen LogP contribution in [0.2, 0.25) is 0 Å². The Bertz CT molecular complexity index is 942. The number of carbonyl (C=O) groups is 3. The molecule has 1 aromatic heterocycles. The van der Waals surface area contributed by atoms with Crippen molar-refractivity contribution in [2.45, 2.75) is 18.9 Å². The molecule has 26 heavy (non-hydrogen) atoms. The van der Waals surface area contributed by atoms with Gasteiger partial charge in [0.1, 0.15) is 6.29 Å². The van der Waals surface area contributed by atoms with Crippen LogP contribution in [0.5, 0.6) is 0 Å². The van der Waals surface area contributed by atoms with E-state index in [1.807, 2.05) is 36.2 Å². The summed E-state index contributed by atoms with van der Waals surface area (Å²) < 4.78 is 5.03. The summed E-state index contributed by atoms with van der Waals surface area (Å²) in [5.74, 6) is -1.48. The molecule has 6 nitrogen and oxygen atoms in total. The van der Waals surface area contributed by atoms with Gasteiger partial charge in [0.25, 0.3) is 0 Å². The quantitative estimate of drug-likeness (QED) is 0.661. The van der Waals surface area contributed by atoms with Gasteiger partial charge in [-0.3, -0.25) is 14.4 Å². The third-order valence-corrected chi connectivity index (χ3v) is 5.67. The second-order valence-corrected chi connectivity index (χ2v) is 6.99. The van der Waals surface area contributed by atoms with Crippen LogP contribution in [-0.2, 0) is 20.7 Å². The number of ether oxygens (including phenoxy) is 1. The highest BCUT2D eigenvalue weighted by atomic mass is 16.5. The molecule has 2 heterocycles. The molecule has 3 atom stereocenters. The van der Waals surface area contributed by atoms with Crippen molar-refractivity contribution < 1.29 is 19.1 Å². The first-order valence-corrected chi connectivity index (χ1v) is 8.64. The summed E-state index contributed by atoms with van der Waals surface area (Å²) in [6, 6.07) is 7.61. The Morgan fingerprint density at radius 3 is 2.81 bits per heavy atom. The molecule has 0 radical (unpaired) electrons. The number of esters is 1. The number of aromatic nitrogens is 1. The molecule has 0 spiro atoms. The molecule has 2 aliphatic rings. The molecule has 0 saturated carbocycles. The molecule has 0 unspecified atom stereocenters. The van der Waals surface area contributed by atoms with E-state index < -0.39 is 11.8 Å². The van der Waals surface area contributed by atoms with Crippen molar-refractivity contribution >= 4 is 28.9 Å². The van der Waals surface area contributed by atoms with Gasteiger partial charge in [-0.15, -0.1) is 0 Å². The van der Waals surface area contributed by atoms with Gasteiger partial charge >= 0.3 is 5.97 Å². The zero-order valence-corrected chi connectivity index (χ0v) is 14.7. The van der Waals surface area contributed by atoms with Gasteiger partial charge in [-0.1, -0.05) is 18.2 Å². The third-order valence-electron chi connectivity index (χ3n) is 5.67. The molecule has 2 bridgehead atoms. The molecule has 0 amide bonds. The SMILES string of the molecule is COC(=O)[C@H]1[C@@H]2CC(=O)c3[nH]c4ccccc4c3C[C@@H]1N(C)C=C2C=O. The van der Waals surface area contributed by atoms with Gasteiger partial charge in [0.15, 0.2) is 5.78 Å². The van der Waals surface area contributed by atoms with Gasteiger partial charge in [0, 0.05) is 48.1 Å². The normalized spacial score (nSPS) is 25.2. The minimum atomic E-state index is -0.555. The number of methoxy groups -OCH3 is 1. The number of ketones is 1. The molecular weight excluding hydrogens is 332 g/mol. The molecule has 134 valence electrons. The van der Waals surface area contributed by atoms with Gasteiger partial charge in [0.2, 0.25) is 0 Å². The summed E-state index contributed by atoms with van der Waals surface area (Å²) in [5, 5.41) is 0.997. The lowest BCUT2D eigenvalue weighted by Crippen LogP contribution is -2.50. The highest BCUT2D eigenvalue weighted by Crippen LogP contribution is 2.40. The maximum absolute atomic E-state index is 13.0. The smallest absolute Gasteiger partial charge is 0.311 e. The number of aldehydes is 1. The Balaban J connectivity index is 1.92. The van der Waals surface area contributed by atoms with Crippen molar-refractivity contribution in [3.63, 3.8) is 0 Å². The average molecular weight is 352 g/mol. The lowest BCUT2D eigenvalue weighted by molar-refractivity contribution is -0.150. The first-order valence-electron chi connectivity index (χ1n) is 8.64. The number of rotatable bonds is 2. The number of likely N-dealkylation sites (N-methyl/N-ethyl adjacent to an activating group) is 1. The number of hydrogen-bond acceptors (Lipinski definition) is 5. The van der Waals surface area contributed by atoms with E-state index in [0.29, 0.717) is 17.7 Å². The number of fused-ring (bicyclic) bond motifs is 5. The minimum Gasteiger partial charge on any atom is -0.469 e. The number of nitrogens with one attached hydrogen (secondary N) is 1. The lowest BCUT2D eigenvalue weighted by atomic mass is 9.72. The van der Waals surface area contributed by atoms with Crippen LogP contribution in [0, 0.1) is 11.8 Å². The van der Waals surface area contributed by atoms with Crippen LogP contribution in [0.4, 0.5) is 0 Å². The molecule has 6 heteroatoms. The number of H-pyrrole nitrogens is 1. The Morgan fingerprint density at radius 1 is 1.31 bits per heavy atom. The van der Waals surface area contributed by atoms with Crippen molar-refractivity contribution in [3.8, 4) is 0 Å². The van der Waals surface area contributed by atoms with Crippen LogP contribution in [0.15, 0.2) is 36.0 Å². The lowest BCUT2D eigenvalue weighted by Gasteiger charge is -2.42. The standard InChI is InChI=1S/C20H20N2O4/c1-22-9-11(10-23)13-8-17(24)19-14(7-16(22)18(13)20(25)26-2)12-5-3-4-6-15(12)21-19/h3-6,9-10,13,16,18,21H,7-8H2,1-2H3/t13-,16+,18+/m1/s1. The number of benzene rings is 1. The van der Waals surface area contributed by atoms with E-state index in [1.54, 1.807) is 6.20 Å². The first kappa shape index (κ1) is 16.6. The van der Waals surface area contributed by atoms with Gasteiger partial charge in [-0.05, 0) is 18.1 Å². The summed E-state index contributed by atoms with van der Waals surface area (Å²) in [5.41, 5.74) is 2.89. The number of Topliss-reactive ketones (excluding diaryl/α,β-unsaturated/α-hetero) is 1. The number of allylic oxidation sites excluding steroid dienone is 1. The topological polar surface area (TPSA) is 79.5 Å². The summed E-state index contributed by atoms with van der Waals surface area (Å²) in [6.07, 6.45) is 3.14. The molecule has 0 saturated heterocycles. The predicted octanol–water partition coefficient (Wildman–Crippen LogP) is 2.10. The highest BCUT2D eigenvalue weighted by molar-refractivity contribution is 6.03. The largest absolute Gasteiger partial charge is 0.469 e. The number of nitrogens with zero attached hydrogens (tertiary/aromatic N) is 1. The Hall–Kier alpha value is -2.89. The molecule has 0 fully saturated rings. The average Bonchev–Trinajstić information content (AvgIpc) is 3.01. The fourth-order valence-electron chi connectivity index (χ4n) is 4.41. The molecule has 1 aliphatic heterocycles. The van der Waals surface area contributed by atoms with E-state index in [2.05, 4.69) is 4.98 Å². The fraction of sp³-hybridized carbons (Fsp3) is 0.350. The van der Waals surface area contributed by atoms with E-state index in [9.17, 15) is 14.4 Å². The van der Waals surface area contributed by atoms with Gasteiger partial charge in [-0.2, -0.15) is 0 Å². The van der Waals surface area contributed by atoms with Gasteiger partial charge in [0.05, 0.1) is 18.7 Å². The fourth-order valence-corrected chi connectivity index (χ4v) is 4.41. The van der Waals surface area contributed by atoms with Crippen LogP contribution in [0.3, 0.4) is 0 Å². The second kappa shape index (κ2) is 6.12. The summed E-state index contributed by atoms with van der Waals surface area (Å²) in [6.45, 7) is 0. The van der Waals surface area contributed by atoms with Crippen LogP contribution >= 0.6 is 0 Å². The number of para-hydroxylation sites is 1. The van der Waals surface area contributed by atoms with Crippen LogP contribution in [-0.4, -0.2) is 48.1 Å². The molecule has 1 aliphatic carbocycles. The molecule has 1 aromatic carbocycles. The summed E-state index contributed by atoms with van der Waals surface area (Å²) >= 11 is 0. The highest BCUT2D eigenvalue weighted by Gasteiger charge is 2.46. The van der Waals surface area contributed by atoms with Crippen molar-refractivity contribution in [1.82, 2.24) is 9.88 Å². The van der Waals surface area contributed by atoms with Crippen molar-refractivity contribution in [1.29, 1.82) is 0 Å². The monoisotopic (exact) mass is 352 g/mol. The zero-order valence-electron chi connectivity index (χ0n) is 14.7. The molecule has 2 aromatic rings. The molecule has 4 rings (SSSR count). The third kappa shape index (κ3) is 2.36. The second-order valence-electron chi connectivity index (χ2n) is 6.99. The Labute approximate surface area is 150 Å². The maximum Gasteiger partial charge on any atom is 0.311 e. The number of aromatic amines is 1.